The minimum absolute atomic E-state index is 0.402. The van der Waals surface area contributed by atoms with Crippen LogP contribution in [0.3, 0.4) is 0 Å². The molecule has 2 aliphatic carbocycles. The lowest BCUT2D eigenvalue weighted by Crippen LogP contribution is -2.35. The number of nitrogens with zero attached hydrogens (tertiary/aromatic N) is 2. The molecule has 5 aliphatic rings. The van der Waals surface area contributed by atoms with Gasteiger partial charge in [-0.2, -0.15) is 0 Å². The van der Waals surface area contributed by atoms with Crippen molar-refractivity contribution in [1.82, 2.24) is 15.1 Å². The Kier molecular flexibility index (Phi) is 25.8. The number of likely N-dealkylation sites (tertiary alicyclic amines) is 2. The second kappa shape index (κ2) is 33.0. The van der Waals surface area contributed by atoms with Crippen LogP contribution in [0.2, 0.25) is 0 Å². The first-order valence-electron chi connectivity index (χ1n) is 26.8. The van der Waals surface area contributed by atoms with Crippen LogP contribution in [0.1, 0.15) is 107 Å². The Morgan fingerprint density at radius 1 is 0.507 bits per heavy atom. The molecule has 10 rings (SSSR count). The van der Waals surface area contributed by atoms with Crippen LogP contribution >= 0.6 is 15.9 Å². The maximum Gasteiger partial charge on any atom is 0.135 e. The monoisotopic (exact) mass is 1030 g/mol. The number of nitrogens with one attached hydrogen (secondary N) is 1. The number of ether oxygens (including phenoxy) is 3. The van der Waals surface area contributed by atoms with Crippen LogP contribution in [0.5, 0.6) is 17.2 Å². The van der Waals surface area contributed by atoms with Gasteiger partial charge in [-0.15, -0.1) is 0 Å². The highest BCUT2D eigenvalue weighted by molar-refractivity contribution is 9.09. The van der Waals surface area contributed by atoms with E-state index in [0.717, 1.165) is 150 Å². The predicted octanol–water partition coefficient (Wildman–Crippen LogP) is 13.1. The number of hydrogen-bond donors (Lipinski definition) is 1. The lowest BCUT2D eigenvalue weighted by molar-refractivity contribution is -0.121. The van der Waals surface area contributed by atoms with Crippen LogP contribution in [0.15, 0.2) is 152 Å². The lowest BCUT2D eigenvalue weighted by Gasteiger charge is -2.32. The molecule has 0 radical (unpaired) electrons. The Morgan fingerprint density at radius 3 is 1.31 bits per heavy atom. The third kappa shape index (κ3) is 23.1. The number of carbonyl (C=O) groups excluding carboxylic acids is 2. The molecular weight excluding hydrogens is 947 g/mol. The highest BCUT2D eigenvalue weighted by Crippen LogP contribution is 2.51. The Bertz CT molecular complexity index is 2130. The number of piperidine rings is 3. The van der Waals surface area contributed by atoms with E-state index in [2.05, 4.69) is 98.6 Å². The molecule has 1 N–H and O–H groups in total. The molecule has 4 atom stereocenters. The maximum absolute atomic E-state index is 11.1. The zero-order valence-electron chi connectivity index (χ0n) is 42.6. The summed E-state index contributed by atoms with van der Waals surface area (Å²) in [4.78, 5) is 26.5. The zero-order valence-corrected chi connectivity index (χ0v) is 44.2. The van der Waals surface area contributed by atoms with Gasteiger partial charge in [0.05, 0.1) is 19.8 Å². The number of halogens is 1. The number of ketones is 2. The van der Waals surface area contributed by atoms with E-state index in [-0.39, 0.29) is 0 Å². The quantitative estimate of drug-likeness (QED) is 0.0687. The fourth-order valence-corrected chi connectivity index (χ4v) is 9.69. The number of hydrogen-bond acceptors (Lipinski definition) is 8. The molecule has 5 aromatic rings. The minimum atomic E-state index is 0.402. The Balaban J connectivity index is 0.000000158. The fourth-order valence-electron chi connectivity index (χ4n) is 9.46. The standard InChI is InChI=1S/C24H31NO.C14H19NO2.C10H12.C9H11BrO.C5H9NO/c1-3-8-21(9-4-1)24-19-22(24)18-20-12-15-25(16-13-20)14-7-17-26-23-10-5-2-6-11-23;16-13-7-10-15(11-8-13)9-4-12-17-14-5-2-1-3-6-14;1-8-7-10(8)9-5-3-2-4-6-9;10-7-4-8-11-9-5-2-1-3-6-9;7-5-1-3-6-4-2-5/h1-6,8-11,20,22,24H,7,12-19H2;1-3,5-6H,4,7-12H2;2-6,8,10H,7H2,1H3;1-3,5-6H,4,7-8H2;6H,1-4H2/t22-,24+;;8-,10-;;/m1.1../s1. The van der Waals surface area contributed by atoms with E-state index in [1.807, 2.05) is 91.0 Å². The van der Waals surface area contributed by atoms with Crippen molar-refractivity contribution in [2.75, 3.05) is 77.5 Å². The van der Waals surface area contributed by atoms with Crippen molar-refractivity contribution >= 4 is 27.5 Å². The first-order chi connectivity index (χ1) is 34.9. The SMILES string of the molecule is BrCCCOc1ccccc1.C[C@@H]1C[C@H]1c1ccccc1.O=C1CCN(CCCOc2ccccc2)CC1.O=C1CCNCC1.c1ccc(OCCCN2CCC(C[C@@H]3C[C@H]3c3ccccc3)CC2)cc1. The summed E-state index contributed by atoms with van der Waals surface area (Å²) < 4.78 is 16.8. The first kappa shape index (κ1) is 55.5. The summed E-state index contributed by atoms with van der Waals surface area (Å²) in [6.07, 6.45) is 13.1. The van der Waals surface area contributed by atoms with Gasteiger partial charge in [0.1, 0.15) is 28.8 Å². The van der Waals surface area contributed by atoms with Gasteiger partial charge in [-0.05, 0) is 142 Å². The van der Waals surface area contributed by atoms with Gasteiger partial charge in [0.25, 0.3) is 0 Å². The summed E-state index contributed by atoms with van der Waals surface area (Å²) in [6.45, 7) is 13.0. The summed E-state index contributed by atoms with van der Waals surface area (Å²) >= 11 is 3.34. The average molecular weight is 1030 g/mol. The van der Waals surface area contributed by atoms with Crippen LogP contribution in [-0.4, -0.2) is 98.9 Å². The van der Waals surface area contributed by atoms with E-state index < -0.39 is 0 Å². The lowest BCUT2D eigenvalue weighted by atomic mass is 9.90. The number of rotatable bonds is 18. The van der Waals surface area contributed by atoms with Crippen molar-refractivity contribution in [3.8, 4) is 17.2 Å². The summed E-state index contributed by atoms with van der Waals surface area (Å²) in [6, 6.07) is 51.8. The molecule has 0 unspecified atom stereocenters. The predicted molar refractivity (Wildman–Crippen MR) is 295 cm³/mol. The third-order valence-corrected chi connectivity index (χ3v) is 14.5. The molecule has 0 aromatic heterocycles. The molecular formula is C62H82BrN3O5. The number of benzene rings is 5. The van der Waals surface area contributed by atoms with Gasteiger partial charge >= 0.3 is 0 Å². The van der Waals surface area contributed by atoms with E-state index in [9.17, 15) is 9.59 Å². The van der Waals surface area contributed by atoms with Gasteiger partial charge in [0, 0.05) is 70.3 Å². The van der Waals surface area contributed by atoms with Gasteiger partial charge in [-0.3, -0.25) is 9.59 Å². The maximum atomic E-state index is 11.1. The Hall–Kier alpha value is -4.80. The molecule has 2 saturated carbocycles. The molecule has 0 bridgehead atoms. The second-order valence-corrected chi connectivity index (χ2v) is 20.5. The summed E-state index contributed by atoms with van der Waals surface area (Å²) in [7, 11) is 0. The molecule has 5 fully saturated rings. The largest absolute Gasteiger partial charge is 0.494 e. The van der Waals surface area contributed by atoms with Crippen molar-refractivity contribution in [1.29, 1.82) is 0 Å². The molecule has 3 heterocycles. The molecule has 3 aliphatic heterocycles. The smallest absolute Gasteiger partial charge is 0.135 e. The molecule has 5 aromatic carbocycles. The van der Waals surface area contributed by atoms with Gasteiger partial charge in [-0.25, -0.2) is 0 Å². The normalized spacial score (nSPS) is 20.7. The van der Waals surface area contributed by atoms with E-state index in [4.69, 9.17) is 14.2 Å². The number of alkyl halides is 1. The molecule has 3 saturated heterocycles. The van der Waals surface area contributed by atoms with E-state index in [1.54, 1.807) is 5.56 Å². The average Bonchev–Trinajstić information content (AvgIpc) is 4.37. The van der Waals surface area contributed by atoms with Crippen molar-refractivity contribution < 1.29 is 23.8 Å². The summed E-state index contributed by atoms with van der Waals surface area (Å²) in [5.41, 5.74) is 3.09. The zero-order chi connectivity index (χ0) is 49.6. The molecule has 382 valence electrons. The van der Waals surface area contributed by atoms with Gasteiger partial charge in [0.15, 0.2) is 0 Å². The van der Waals surface area contributed by atoms with Crippen LogP contribution in [0.25, 0.3) is 0 Å². The van der Waals surface area contributed by atoms with Crippen molar-refractivity contribution in [2.24, 2.45) is 17.8 Å². The van der Waals surface area contributed by atoms with Crippen LogP contribution in [-0.2, 0) is 9.59 Å². The van der Waals surface area contributed by atoms with Crippen LogP contribution in [0, 0.1) is 17.8 Å². The minimum Gasteiger partial charge on any atom is -0.494 e. The number of Topliss-reactive ketones (excluding diaryl/α,β-unsaturated/α-hetero) is 2. The van der Waals surface area contributed by atoms with E-state index in [0.29, 0.717) is 11.6 Å². The van der Waals surface area contributed by atoms with Crippen molar-refractivity contribution in [3.63, 3.8) is 0 Å². The number of para-hydroxylation sites is 3. The summed E-state index contributed by atoms with van der Waals surface area (Å²) in [5.74, 6) is 8.24. The van der Waals surface area contributed by atoms with Crippen LogP contribution < -0.4 is 19.5 Å². The molecule has 9 heteroatoms. The van der Waals surface area contributed by atoms with Crippen molar-refractivity contribution in [3.05, 3.63) is 163 Å². The van der Waals surface area contributed by atoms with Gasteiger partial charge in [0.2, 0.25) is 0 Å². The van der Waals surface area contributed by atoms with Gasteiger partial charge < -0.3 is 29.3 Å². The van der Waals surface area contributed by atoms with E-state index in [1.165, 1.54) is 57.3 Å². The number of carbonyl (C=O) groups is 2. The molecule has 71 heavy (non-hydrogen) atoms. The Labute approximate surface area is 435 Å². The van der Waals surface area contributed by atoms with Crippen molar-refractivity contribution in [2.45, 2.75) is 95.8 Å². The molecule has 8 nitrogen and oxygen atoms in total. The first-order valence-corrected chi connectivity index (χ1v) is 27.9. The van der Waals surface area contributed by atoms with E-state index >= 15 is 0 Å². The molecule has 0 amide bonds. The Morgan fingerprint density at radius 2 is 0.901 bits per heavy atom. The molecule has 0 spiro atoms. The topological polar surface area (TPSA) is 80.3 Å². The van der Waals surface area contributed by atoms with Crippen LogP contribution in [0.4, 0.5) is 0 Å². The third-order valence-electron chi connectivity index (χ3n) is 14.0. The second-order valence-electron chi connectivity index (χ2n) is 19.7. The van der Waals surface area contributed by atoms with Gasteiger partial charge in [-0.1, -0.05) is 138 Å². The fraction of sp³-hybridized carbons (Fsp3) is 0.484. The highest BCUT2D eigenvalue weighted by Gasteiger charge is 2.39. The highest BCUT2D eigenvalue weighted by atomic mass is 79.9. The summed E-state index contributed by atoms with van der Waals surface area (Å²) in [5, 5.41) is 4.09.